The van der Waals surface area contributed by atoms with Crippen molar-refractivity contribution in [3.63, 3.8) is 0 Å². The van der Waals surface area contributed by atoms with Gasteiger partial charge in [-0.2, -0.15) is 0 Å². The lowest BCUT2D eigenvalue weighted by Gasteiger charge is -2.33. The number of aryl methyl sites for hydroxylation is 1. The number of piperidine rings is 1. The van der Waals surface area contributed by atoms with Crippen LogP contribution in [-0.2, 0) is 18.4 Å². The third-order valence-electron chi connectivity index (χ3n) is 5.36. The zero-order valence-corrected chi connectivity index (χ0v) is 15.5. The highest BCUT2D eigenvalue weighted by atomic mass is 19.1. The summed E-state index contributed by atoms with van der Waals surface area (Å²) in [6.45, 7) is 3.01. The standard InChI is InChI=1S/C20H28FN3O/c1-22(2)20(25)9-6-15-5-4-10-24(13-15)14-18-12-16-11-17(21)7-8-19(16)23(18)3/h7-8,11-12,15H,4-6,9-10,13-14H2,1-3H3. The molecule has 0 spiro atoms. The maximum Gasteiger partial charge on any atom is 0.222 e. The molecule has 136 valence electrons. The van der Waals surface area contributed by atoms with Gasteiger partial charge in [0.25, 0.3) is 0 Å². The summed E-state index contributed by atoms with van der Waals surface area (Å²) in [5.41, 5.74) is 2.28. The average Bonchev–Trinajstić information content (AvgIpc) is 2.88. The van der Waals surface area contributed by atoms with E-state index in [0.29, 0.717) is 12.3 Å². The van der Waals surface area contributed by atoms with Crippen LogP contribution >= 0.6 is 0 Å². The second kappa shape index (κ2) is 7.56. The summed E-state index contributed by atoms with van der Waals surface area (Å²) < 4.78 is 15.6. The van der Waals surface area contributed by atoms with E-state index in [-0.39, 0.29) is 11.7 Å². The number of hydrogen-bond donors (Lipinski definition) is 0. The molecule has 1 saturated heterocycles. The Balaban J connectivity index is 1.63. The molecule has 2 heterocycles. The Hall–Kier alpha value is -1.88. The van der Waals surface area contributed by atoms with E-state index in [2.05, 4.69) is 15.5 Å². The number of rotatable bonds is 5. The Morgan fingerprint density at radius 2 is 2.12 bits per heavy atom. The van der Waals surface area contributed by atoms with Gasteiger partial charge in [-0.25, -0.2) is 4.39 Å². The van der Waals surface area contributed by atoms with Gasteiger partial charge >= 0.3 is 0 Å². The molecule has 1 aromatic carbocycles. The average molecular weight is 345 g/mol. The molecule has 1 atom stereocenters. The fourth-order valence-electron chi connectivity index (χ4n) is 3.84. The number of carbonyl (C=O) groups excluding carboxylic acids is 1. The van der Waals surface area contributed by atoms with Gasteiger partial charge in [0, 0.05) is 57.3 Å². The van der Waals surface area contributed by atoms with Gasteiger partial charge in [-0.3, -0.25) is 9.69 Å². The van der Waals surface area contributed by atoms with Crippen molar-refractivity contribution in [2.75, 3.05) is 27.2 Å². The van der Waals surface area contributed by atoms with Crippen LogP contribution in [-0.4, -0.2) is 47.5 Å². The first-order valence-corrected chi connectivity index (χ1v) is 9.10. The number of likely N-dealkylation sites (tertiary alicyclic amines) is 1. The lowest BCUT2D eigenvalue weighted by atomic mass is 9.93. The van der Waals surface area contributed by atoms with Crippen molar-refractivity contribution in [2.24, 2.45) is 13.0 Å². The Kier molecular flexibility index (Phi) is 5.42. The monoisotopic (exact) mass is 345 g/mol. The lowest BCUT2D eigenvalue weighted by Crippen LogP contribution is -2.36. The van der Waals surface area contributed by atoms with Crippen LogP contribution in [0.4, 0.5) is 4.39 Å². The van der Waals surface area contributed by atoms with Crippen molar-refractivity contribution in [3.05, 3.63) is 35.8 Å². The van der Waals surface area contributed by atoms with E-state index in [1.54, 1.807) is 11.0 Å². The zero-order chi connectivity index (χ0) is 18.0. The molecule has 25 heavy (non-hydrogen) atoms. The van der Waals surface area contributed by atoms with E-state index in [9.17, 15) is 9.18 Å². The van der Waals surface area contributed by atoms with Crippen molar-refractivity contribution in [1.82, 2.24) is 14.4 Å². The van der Waals surface area contributed by atoms with Crippen LogP contribution in [0.2, 0.25) is 0 Å². The molecular formula is C20H28FN3O. The van der Waals surface area contributed by atoms with Crippen molar-refractivity contribution >= 4 is 16.8 Å². The third-order valence-corrected chi connectivity index (χ3v) is 5.36. The van der Waals surface area contributed by atoms with Crippen molar-refractivity contribution in [2.45, 2.75) is 32.2 Å². The fraction of sp³-hybridized carbons (Fsp3) is 0.550. The molecule has 5 heteroatoms. The van der Waals surface area contributed by atoms with Crippen LogP contribution in [0.1, 0.15) is 31.4 Å². The van der Waals surface area contributed by atoms with Gasteiger partial charge in [-0.1, -0.05) is 0 Å². The van der Waals surface area contributed by atoms with E-state index in [1.807, 2.05) is 27.2 Å². The molecule has 1 aromatic heterocycles. The Bertz CT molecular complexity index is 753. The minimum Gasteiger partial charge on any atom is -0.349 e. The number of fused-ring (bicyclic) bond motifs is 1. The van der Waals surface area contributed by atoms with Gasteiger partial charge in [0.1, 0.15) is 5.82 Å². The quantitative estimate of drug-likeness (QED) is 0.831. The van der Waals surface area contributed by atoms with Crippen LogP contribution in [0.25, 0.3) is 10.9 Å². The summed E-state index contributed by atoms with van der Waals surface area (Å²) in [7, 11) is 5.68. The van der Waals surface area contributed by atoms with E-state index in [1.165, 1.54) is 24.6 Å². The molecule has 4 nitrogen and oxygen atoms in total. The first-order valence-electron chi connectivity index (χ1n) is 9.10. The molecular weight excluding hydrogens is 317 g/mol. The molecule has 0 saturated carbocycles. The number of hydrogen-bond acceptors (Lipinski definition) is 2. The summed E-state index contributed by atoms with van der Waals surface area (Å²) in [4.78, 5) is 16.0. The summed E-state index contributed by atoms with van der Waals surface area (Å²) >= 11 is 0. The molecule has 2 aromatic rings. The number of halogens is 1. The first-order chi connectivity index (χ1) is 11.9. The SMILES string of the molecule is CN(C)C(=O)CCC1CCCN(Cc2cc3cc(F)ccc3n2C)C1. The topological polar surface area (TPSA) is 28.5 Å². The van der Waals surface area contributed by atoms with Gasteiger partial charge < -0.3 is 9.47 Å². The molecule has 0 aliphatic carbocycles. The van der Waals surface area contributed by atoms with Gasteiger partial charge in [0.15, 0.2) is 0 Å². The first kappa shape index (κ1) is 17.9. The minimum absolute atomic E-state index is 0.187. The lowest BCUT2D eigenvalue weighted by molar-refractivity contribution is -0.129. The highest BCUT2D eigenvalue weighted by Crippen LogP contribution is 2.25. The fourth-order valence-corrected chi connectivity index (χ4v) is 3.84. The van der Waals surface area contributed by atoms with E-state index < -0.39 is 0 Å². The number of nitrogens with zero attached hydrogens (tertiary/aromatic N) is 3. The van der Waals surface area contributed by atoms with Gasteiger partial charge in [0.2, 0.25) is 5.91 Å². The van der Waals surface area contributed by atoms with Gasteiger partial charge in [-0.15, -0.1) is 0 Å². The molecule has 1 amide bonds. The predicted octanol–water partition coefficient (Wildman–Crippen LogP) is 3.40. The molecule has 0 radical (unpaired) electrons. The summed E-state index contributed by atoms with van der Waals surface area (Å²) in [5, 5.41) is 0.961. The minimum atomic E-state index is -0.187. The number of carbonyl (C=O) groups is 1. The molecule has 3 rings (SSSR count). The molecule has 1 unspecified atom stereocenters. The summed E-state index contributed by atoms with van der Waals surface area (Å²) in [6.07, 6.45) is 3.99. The normalized spacial score (nSPS) is 18.6. The largest absolute Gasteiger partial charge is 0.349 e. The van der Waals surface area contributed by atoms with E-state index >= 15 is 0 Å². The van der Waals surface area contributed by atoms with E-state index in [0.717, 1.165) is 37.0 Å². The van der Waals surface area contributed by atoms with E-state index in [4.69, 9.17) is 0 Å². The highest BCUT2D eigenvalue weighted by molar-refractivity contribution is 5.81. The molecule has 0 N–H and O–H groups in total. The smallest absolute Gasteiger partial charge is 0.222 e. The maximum atomic E-state index is 13.4. The van der Waals surface area contributed by atoms with Crippen LogP contribution < -0.4 is 0 Å². The Labute approximate surface area is 149 Å². The zero-order valence-electron chi connectivity index (χ0n) is 15.5. The molecule has 0 bridgehead atoms. The number of benzene rings is 1. The molecule has 1 aliphatic heterocycles. The van der Waals surface area contributed by atoms with Crippen LogP contribution in [0.5, 0.6) is 0 Å². The van der Waals surface area contributed by atoms with Crippen molar-refractivity contribution in [1.29, 1.82) is 0 Å². The van der Waals surface area contributed by atoms with Gasteiger partial charge in [-0.05, 0) is 56.0 Å². The predicted molar refractivity (Wildman–Crippen MR) is 98.8 cm³/mol. The summed E-state index contributed by atoms with van der Waals surface area (Å²) in [5.74, 6) is 0.617. The number of aromatic nitrogens is 1. The third kappa shape index (κ3) is 4.21. The molecule has 1 fully saturated rings. The maximum absolute atomic E-state index is 13.4. The summed E-state index contributed by atoms with van der Waals surface area (Å²) in [6, 6.07) is 7.06. The van der Waals surface area contributed by atoms with Crippen molar-refractivity contribution < 1.29 is 9.18 Å². The van der Waals surface area contributed by atoms with Crippen LogP contribution in [0.15, 0.2) is 24.3 Å². The van der Waals surface area contributed by atoms with Crippen LogP contribution in [0.3, 0.4) is 0 Å². The second-order valence-corrected chi connectivity index (χ2v) is 7.47. The van der Waals surface area contributed by atoms with Gasteiger partial charge in [0.05, 0.1) is 0 Å². The second-order valence-electron chi connectivity index (χ2n) is 7.47. The molecule has 1 aliphatic rings. The Morgan fingerprint density at radius 1 is 1.32 bits per heavy atom. The Morgan fingerprint density at radius 3 is 2.88 bits per heavy atom. The van der Waals surface area contributed by atoms with Crippen molar-refractivity contribution in [3.8, 4) is 0 Å². The highest BCUT2D eigenvalue weighted by Gasteiger charge is 2.22. The number of amides is 1. The van der Waals surface area contributed by atoms with Crippen LogP contribution in [0, 0.1) is 11.7 Å².